The molecule has 106 valence electrons. The van der Waals surface area contributed by atoms with Crippen LogP contribution < -0.4 is 5.32 Å². The molecule has 2 fully saturated rings. The van der Waals surface area contributed by atoms with Crippen molar-refractivity contribution in [2.45, 2.75) is 18.9 Å². The average molecular weight is 274 g/mol. The number of hydrogen-bond donors (Lipinski definition) is 2. The number of rotatable bonds is 6. The van der Waals surface area contributed by atoms with Gasteiger partial charge in [-0.1, -0.05) is 0 Å². The summed E-state index contributed by atoms with van der Waals surface area (Å²) in [7, 11) is 0. The highest BCUT2D eigenvalue weighted by Crippen LogP contribution is 2.21. The number of morpholine rings is 1. The van der Waals surface area contributed by atoms with Crippen LogP contribution in [0.15, 0.2) is 0 Å². The van der Waals surface area contributed by atoms with E-state index >= 15 is 0 Å². The van der Waals surface area contributed by atoms with E-state index in [2.05, 4.69) is 22.0 Å². The molecule has 0 aromatic rings. The number of hydrogen-bond acceptors (Lipinski definition) is 5. The lowest BCUT2D eigenvalue weighted by Gasteiger charge is -2.29. The van der Waals surface area contributed by atoms with Gasteiger partial charge >= 0.3 is 0 Å². The van der Waals surface area contributed by atoms with Gasteiger partial charge in [0.25, 0.3) is 0 Å². The molecule has 2 rings (SSSR count). The Hall–Kier alpha value is 0.190. The summed E-state index contributed by atoms with van der Waals surface area (Å²) in [6.07, 6.45) is 2.41. The van der Waals surface area contributed by atoms with Gasteiger partial charge in [0.05, 0.1) is 19.3 Å². The van der Waals surface area contributed by atoms with Crippen molar-refractivity contribution in [2.75, 3.05) is 57.4 Å². The van der Waals surface area contributed by atoms with Crippen molar-refractivity contribution >= 4 is 11.8 Å². The first-order chi connectivity index (χ1) is 8.84. The molecule has 0 radical (unpaired) electrons. The Morgan fingerprint density at radius 1 is 1.28 bits per heavy atom. The molecule has 1 atom stereocenters. The van der Waals surface area contributed by atoms with Crippen LogP contribution in [0.25, 0.3) is 0 Å². The second-order valence-electron chi connectivity index (χ2n) is 5.28. The molecule has 0 aliphatic carbocycles. The van der Waals surface area contributed by atoms with Crippen molar-refractivity contribution in [3.8, 4) is 0 Å². The molecule has 0 aromatic heterocycles. The van der Waals surface area contributed by atoms with Gasteiger partial charge in [-0.3, -0.25) is 4.90 Å². The predicted octanol–water partition coefficient (Wildman–Crippen LogP) is 0.412. The first kappa shape index (κ1) is 14.6. The standard InChI is InChI=1S/C13H26N2O2S/c16-13(11-15-3-5-17-6-4-15)10-14-9-12-1-7-18-8-2-12/h12-14,16H,1-11H2. The molecular formula is C13H26N2O2S. The summed E-state index contributed by atoms with van der Waals surface area (Å²) in [5.74, 6) is 3.44. The molecule has 4 nitrogen and oxygen atoms in total. The molecule has 2 heterocycles. The Morgan fingerprint density at radius 2 is 2.00 bits per heavy atom. The van der Waals surface area contributed by atoms with Crippen LogP contribution in [0.4, 0.5) is 0 Å². The van der Waals surface area contributed by atoms with E-state index in [0.29, 0.717) is 0 Å². The zero-order chi connectivity index (χ0) is 12.6. The highest BCUT2D eigenvalue weighted by atomic mass is 32.2. The summed E-state index contributed by atoms with van der Waals surface area (Å²) in [6, 6.07) is 0. The van der Waals surface area contributed by atoms with Crippen molar-refractivity contribution in [2.24, 2.45) is 5.92 Å². The Bertz CT molecular complexity index is 219. The van der Waals surface area contributed by atoms with Crippen LogP contribution in [0.1, 0.15) is 12.8 Å². The second kappa shape index (κ2) is 8.38. The molecule has 1 unspecified atom stereocenters. The van der Waals surface area contributed by atoms with E-state index in [4.69, 9.17) is 4.74 Å². The Labute approximate surface area is 114 Å². The number of β-amino-alcohol motifs (C(OH)–C–C–N with tert-alkyl or cyclic N) is 1. The van der Waals surface area contributed by atoms with Gasteiger partial charge in [-0.15, -0.1) is 0 Å². The summed E-state index contributed by atoms with van der Waals surface area (Å²) in [5.41, 5.74) is 0. The number of nitrogens with one attached hydrogen (secondary N) is 1. The van der Waals surface area contributed by atoms with Crippen LogP contribution in [0.3, 0.4) is 0 Å². The van der Waals surface area contributed by atoms with Gasteiger partial charge in [-0.2, -0.15) is 11.8 Å². The van der Waals surface area contributed by atoms with Crippen LogP contribution in [0.5, 0.6) is 0 Å². The minimum atomic E-state index is -0.249. The monoisotopic (exact) mass is 274 g/mol. The lowest BCUT2D eigenvalue weighted by molar-refractivity contribution is 0.0148. The fraction of sp³-hybridized carbons (Fsp3) is 1.00. The number of thioether (sulfide) groups is 1. The Kier molecular flexibility index (Phi) is 6.79. The zero-order valence-electron chi connectivity index (χ0n) is 11.1. The largest absolute Gasteiger partial charge is 0.390 e. The SMILES string of the molecule is OC(CNCC1CCSCC1)CN1CCOCC1. The van der Waals surface area contributed by atoms with E-state index in [1.54, 1.807) is 0 Å². The maximum absolute atomic E-state index is 9.98. The lowest BCUT2D eigenvalue weighted by atomic mass is 10.0. The minimum absolute atomic E-state index is 0.249. The van der Waals surface area contributed by atoms with Crippen molar-refractivity contribution in [3.05, 3.63) is 0 Å². The summed E-state index contributed by atoms with van der Waals surface area (Å²) in [4.78, 5) is 2.28. The third kappa shape index (κ3) is 5.45. The average Bonchev–Trinajstić information content (AvgIpc) is 2.41. The van der Waals surface area contributed by atoms with Crippen LogP contribution in [-0.4, -0.2) is 73.6 Å². The van der Waals surface area contributed by atoms with Gasteiger partial charge in [0.1, 0.15) is 0 Å². The molecule has 2 aliphatic rings. The van der Waals surface area contributed by atoms with E-state index in [9.17, 15) is 5.11 Å². The minimum Gasteiger partial charge on any atom is -0.390 e. The summed E-state index contributed by atoms with van der Waals surface area (Å²) in [5, 5.41) is 13.4. The zero-order valence-corrected chi connectivity index (χ0v) is 12.0. The third-order valence-corrected chi connectivity index (χ3v) is 4.78. The van der Waals surface area contributed by atoms with E-state index in [1.165, 1.54) is 24.3 Å². The van der Waals surface area contributed by atoms with Crippen molar-refractivity contribution in [3.63, 3.8) is 0 Å². The highest BCUT2D eigenvalue weighted by molar-refractivity contribution is 7.99. The van der Waals surface area contributed by atoms with E-state index in [0.717, 1.165) is 51.9 Å². The molecule has 18 heavy (non-hydrogen) atoms. The van der Waals surface area contributed by atoms with Gasteiger partial charge in [0.15, 0.2) is 0 Å². The number of aliphatic hydroxyl groups excluding tert-OH is 1. The number of ether oxygens (including phenoxy) is 1. The molecule has 2 N–H and O–H groups in total. The summed E-state index contributed by atoms with van der Waals surface area (Å²) in [6.45, 7) is 6.09. The van der Waals surface area contributed by atoms with Gasteiger partial charge in [0.2, 0.25) is 0 Å². The molecule has 2 aliphatic heterocycles. The van der Waals surface area contributed by atoms with Gasteiger partial charge in [-0.05, 0) is 36.8 Å². The fourth-order valence-electron chi connectivity index (χ4n) is 2.55. The van der Waals surface area contributed by atoms with E-state index in [1.807, 2.05) is 0 Å². The summed E-state index contributed by atoms with van der Waals surface area (Å²) >= 11 is 2.07. The normalized spacial score (nSPS) is 25.2. The quantitative estimate of drug-likeness (QED) is 0.735. The molecule has 0 aromatic carbocycles. The van der Waals surface area contributed by atoms with E-state index < -0.39 is 0 Å². The van der Waals surface area contributed by atoms with Gasteiger partial charge in [-0.25, -0.2) is 0 Å². The van der Waals surface area contributed by atoms with E-state index in [-0.39, 0.29) is 6.10 Å². The molecule has 0 saturated carbocycles. The third-order valence-electron chi connectivity index (χ3n) is 3.73. The molecule has 5 heteroatoms. The highest BCUT2D eigenvalue weighted by Gasteiger charge is 2.16. The first-order valence-electron chi connectivity index (χ1n) is 7.11. The van der Waals surface area contributed by atoms with Gasteiger partial charge in [0, 0.05) is 26.2 Å². The lowest BCUT2D eigenvalue weighted by Crippen LogP contribution is -2.44. The van der Waals surface area contributed by atoms with Crippen LogP contribution in [0.2, 0.25) is 0 Å². The molecule has 0 bridgehead atoms. The number of aliphatic hydroxyl groups is 1. The molecule has 2 saturated heterocycles. The van der Waals surface area contributed by atoms with Gasteiger partial charge < -0.3 is 15.2 Å². The predicted molar refractivity (Wildman–Crippen MR) is 76.2 cm³/mol. The van der Waals surface area contributed by atoms with Crippen LogP contribution >= 0.6 is 11.8 Å². The molecule has 0 amide bonds. The molecule has 0 spiro atoms. The van der Waals surface area contributed by atoms with Crippen molar-refractivity contribution in [1.82, 2.24) is 10.2 Å². The topological polar surface area (TPSA) is 44.7 Å². The first-order valence-corrected chi connectivity index (χ1v) is 8.26. The van der Waals surface area contributed by atoms with Crippen molar-refractivity contribution in [1.29, 1.82) is 0 Å². The fourth-order valence-corrected chi connectivity index (χ4v) is 3.76. The van der Waals surface area contributed by atoms with Crippen LogP contribution in [0, 0.1) is 5.92 Å². The summed E-state index contributed by atoms with van der Waals surface area (Å²) < 4.78 is 5.30. The smallest absolute Gasteiger partial charge is 0.0791 e. The van der Waals surface area contributed by atoms with Crippen molar-refractivity contribution < 1.29 is 9.84 Å². The Morgan fingerprint density at radius 3 is 2.72 bits per heavy atom. The maximum atomic E-state index is 9.98. The second-order valence-corrected chi connectivity index (χ2v) is 6.51. The number of nitrogens with zero attached hydrogens (tertiary/aromatic N) is 1. The maximum Gasteiger partial charge on any atom is 0.0791 e. The van der Waals surface area contributed by atoms with Crippen LogP contribution in [-0.2, 0) is 4.74 Å². The molecular weight excluding hydrogens is 248 g/mol. The Balaban J connectivity index is 1.52.